The van der Waals surface area contributed by atoms with Crippen LogP contribution in [0, 0.1) is 5.82 Å². The molecule has 0 spiro atoms. The smallest absolute Gasteiger partial charge is 0.261 e. The third kappa shape index (κ3) is 7.63. The van der Waals surface area contributed by atoms with Gasteiger partial charge in [-0.15, -0.1) is 0 Å². The fraction of sp³-hybridized carbons (Fsp3) is 0.167. The summed E-state index contributed by atoms with van der Waals surface area (Å²) in [6.45, 7) is 0.0155. The van der Waals surface area contributed by atoms with E-state index in [9.17, 15) is 14.0 Å². The van der Waals surface area contributed by atoms with Gasteiger partial charge in [0, 0.05) is 31.9 Å². The normalized spacial score (nSPS) is 11.4. The molecule has 0 aliphatic heterocycles. The van der Waals surface area contributed by atoms with Crippen LogP contribution in [0.15, 0.2) is 103 Å². The van der Waals surface area contributed by atoms with Gasteiger partial charge in [0.25, 0.3) is 5.91 Å². The van der Waals surface area contributed by atoms with Gasteiger partial charge in [-0.05, 0) is 47.0 Å². The lowest BCUT2D eigenvalue weighted by molar-refractivity contribution is -0.142. The number of rotatable bonds is 11. The topological polar surface area (TPSA) is 71.5 Å². The summed E-state index contributed by atoms with van der Waals surface area (Å²) >= 11 is 6.20. The second-order valence-electron chi connectivity index (χ2n) is 8.65. The first kappa shape index (κ1) is 26.8. The first-order chi connectivity index (χ1) is 18.5. The van der Waals surface area contributed by atoms with E-state index in [4.69, 9.17) is 16.3 Å². The monoisotopic (exact) mass is 531 g/mol. The van der Waals surface area contributed by atoms with Gasteiger partial charge in [-0.1, -0.05) is 72.3 Å². The van der Waals surface area contributed by atoms with Crippen LogP contribution in [-0.4, -0.2) is 34.3 Å². The van der Waals surface area contributed by atoms with Crippen molar-refractivity contribution in [2.45, 2.75) is 25.6 Å². The number of halogens is 2. The maximum absolute atomic E-state index is 13.6. The summed E-state index contributed by atoms with van der Waals surface area (Å²) in [5.74, 6) is -0.758. The molecule has 0 aliphatic rings. The van der Waals surface area contributed by atoms with Crippen molar-refractivity contribution in [3.63, 3.8) is 0 Å². The van der Waals surface area contributed by atoms with Gasteiger partial charge in [0.1, 0.15) is 17.6 Å². The van der Waals surface area contributed by atoms with Gasteiger partial charge in [-0.25, -0.2) is 4.39 Å². The number of nitrogens with one attached hydrogen (secondary N) is 1. The number of benzene rings is 3. The first-order valence-electron chi connectivity index (χ1n) is 12.1. The van der Waals surface area contributed by atoms with E-state index in [0.29, 0.717) is 16.3 Å². The second-order valence-corrected chi connectivity index (χ2v) is 9.06. The number of amides is 2. The molecule has 0 bridgehead atoms. The Balaban J connectivity index is 1.61. The lowest BCUT2D eigenvalue weighted by Gasteiger charge is -2.31. The highest BCUT2D eigenvalue weighted by Gasteiger charge is 2.30. The van der Waals surface area contributed by atoms with Gasteiger partial charge in [0.15, 0.2) is 6.61 Å². The Bertz CT molecular complexity index is 1340. The van der Waals surface area contributed by atoms with Crippen molar-refractivity contribution in [2.75, 3.05) is 6.61 Å². The fourth-order valence-corrected chi connectivity index (χ4v) is 4.12. The van der Waals surface area contributed by atoms with Crippen LogP contribution in [0.3, 0.4) is 0 Å². The molecule has 0 aliphatic carbocycles. The van der Waals surface area contributed by atoms with Crippen LogP contribution in [-0.2, 0) is 29.1 Å². The molecule has 2 amide bonds. The Kier molecular flexibility index (Phi) is 9.43. The molecule has 0 fully saturated rings. The number of hydrogen-bond donors (Lipinski definition) is 1. The number of aromatic nitrogens is 1. The Morgan fingerprint density at radius 2 is 1.61 bits per heavy atom. The molecule has 4 aromatic rings. The minimum Gasteiger partial charge on any atom is -0.482 e. The summed E-state index contributed by atoms with van der Waals surface area (Å²) in [6.07, 6.45) is 3.61. The molecule has 0 saturated carbocycles. The highest BCUT2D eigenvalue weighted by molar-refractivity contribution is 6.32. The Morgan fingerprint density at radius 3 is 2.32 bits per heavy atom. The zero-order valence-electron chi connectivity index (χ0n) is 20.6. The van der Waals surface area contributed by atoms with E-state index in [0.717, 1.165) is 11.1 Å². The minimum absolute atomic E-state index is 0.0861. The number of nitrogens with zero attached hydrogens (tertiary/aromatic N) is 2. The molecule has 194 valence electrons. The van der Waals surface area contributed by atoms with Crippen LogP contribution in [0.2, 0.25) is 5.02 Å². The minimum atomic E-state index is -0.860. The number of pyridine rings is 1. The molecule has 1 N–H and O–H groups in total. The predicted molar refractivity (Wildman–Crippen MR) is 144 cm³/mol. The van der Waals surface area contributed by atoms with Crippen LogP contribution in [0.25, 0.3) is 0 Å². The molecular weight excluding hydrogens is 505 g/mol. The molecule has 1 aromatic heterocycles. The molecule has 6 nitrogen and oxygen atoms in total. The molecule has 0 saturated heterocycles. The quantitative estimate of drug-likeness (QED) is 0.288. The van der Waals surface area contributed by atoms with Gasteiger partial charge in [0.2, 0.25) is 5.91 Å². The summed E-state index contributed by atoms with van der Waals surface area (Å²) in [5.41, 5.74) is 2.39. The molecule has 3 aromatic carbocycles. The molecule has 1 unspecified atom stereocenters. The lowest BCUT2D eigenvalue weighted by Crippen LogP contribution is -2.51. The zero-order chi connectivity index (χ0) is 26.7. The van der Waals surface area contributed by atoms with Gasteiger partial charge in [0.05, 0.1) is 5.02 Å². The molecule has 1 atom stereocenters. The summed E-state index contributed by atoms with van der Waals surface area (Å²) in [7, 11) is 0. The van der Waals surface area contributed by atoms with Crippen LogP contribution < -0.4 is 10.1 Å². The maximum atomic E-state index is 13.6. The predicted octanol–water partition coefficient (Wildman–Crippen LogP) is 5.21. The average molecular weight is 532 g/mol. The van der Waals surface area contributed by atoms with E-state index >= 15 is 0 Å². The van der Waals surface area contributed by atoms with Gasteiger partial charge in [-0.3, -0.25) is 14.6 Å². The van der Waals surface area contributed by atoms with Crippen LogP contribution >= 0.6 is 11.6 Å². The van der Waals surface area contributed by atoms with E-state index in [-0.39, 0.29) is 37.8 Å². The van der Waals surface area contributed by atoms with Crippen molar-refractivity contribution in [3.05, 3.63) is 131 Å². The number of para-hydroxylation sites is 1. The fourth-order valence-electron chi connectivity index (χ4n) is 3.93. The lowest BCUT2D eigenvalue weighted by atomic mass is 10.0. The standard InChI is InChI=1S/C30H27ClFN3O3/c31-26-10-4-5-11-28(26)38-21-29(36)35(20-23-12-14-25(32)15-13-23)27(17-22-7-2-1-3-8-22)30(37)34-19-24-9-6-16-33-18-24/h1-16,18,27H,17,19-21H2,(H,34,37). The maximum Gasteiger partial charge on any atom is 0.261 e. The van der Waals surface area contributed by atoms with Gasteiger partial charge >= 0.3 is 0 Å². The van der Waals surface area contributed by atoms with E-state index in [1.807, 2.05) is 36.4 Å². The van der Waals surface area contributed by atoms with Crippen molar-refractivity contribution in [1.29, 1.82) is 0 Å². The second kappa shape index (κ2) is 13.4. The SMILES string of the molecule is O=C(NCc1cccnc1)C(Cc1ccccc1)N(Cc1ccc(F)cc1)C(=O)COc1ccccc1Cl. The number of hydrogen-bond acceptors (Lipinski definition) is 4. The Labute approximate surface area is 226 Å². The summed E-state index contributed by atoms with van der Waals surface area (Å²) in [4.78, 5) is 32.8. The Morgan fingerprint density at radius 1 is 0.895 bits per heavy atom. The first-order valence-corrected chi connectivity index (χ1v) is 12.5. The number of ether oxygens (including phenoxy) is 1. The molecule has 1 heterocycles. The van der Waals surface area contributed by atoms with Crippen molar-refractivity contribution in [3.8, 4) is 5.75 Å². The van der Waals surface area contributed by atoms with E-state index in [2.05, 4.69) is 10.3 Å². The summed E-state index contributed by atoms with van der Waals surface area (Å²) in [5, 5.41) is 3.31. The summed E-state index contributed by atoms with van der Waals surface area (Å²) < 4.78 is 19.3. The van der Waals surface area contributed by atoms with E-state index < -0.39 is 11.9 Å². The van der Waals surface area contributed by atoms with Crippen LogP contribution in [0.4, 0.5) is 4.39 Å². The highest BCUT2D eigenvalue weighted by atomic mass is 35.5. The van der Waals surface area contributed by atoms with Crippen molar-refractivity contribution in [2.24, 2.45) is 0 Å². The zero-order valence-corrected chi connectivity index (χ0v) is 21.4. The largest absolute Gasteiger partial charge is 0.482 e. The third-order valence-corrected chi connectivity index (χ3v) is 6.23. The average Bonchev–Trinajstić information content (AvgIpc) is 2.95. The van der Waals surface area contributed by atoms with Gasteiger partial charge < -0.3 is 15.0 Å². The molecule has 38 heavy (non-hydrogen) atoms. The van der Waals surface area contributed by atoms with E-state index in [1.165, 1.54) is 17.0 Å². The molecular formula is C30H27ClFN3O3. The Hall–Kier alpha value is -4.23. The summed E-state index contributed by atoms with van der Waals surface area (Å²) in [6, 6.07) is 25.0. The van der Waals surface area contributed by atoms with E-state index in [1.54, 1.807) is 54.9 Å². The van der Waals surface area contributed by atoms with Crippen molar-refractivity contribution >= 4 is 23.4 Å². The number of carbonyl (C=O) groups excluding carboxylic acids is 2. The van der Waals surface area contributed by atoms with Crippen molar-refractivity contribution in [1.82, 2.24) is 15.2 Å². The third-order valence-electron chi connectivity index (χ3n) is 5.91. The molecule has 8 heteroatoms. The van der Waals surface area contributed by atoms with Crippen LogP contribution in [0.1, 0.15) is 16.7 Å². The van der Waals surface area contributed by atoms with Crippen LogP contribution in [0.5, 0.6) is 5.75 Å². The number of carbonyl (C=O) groups is 2. The van der Waals surface area contributed by atoms with Crippen molar-refractivity contribution < 1.29 is 18.7 Å². The van der Waals surface area contributed by atoms with Gasteiger partial charge in [-0.2, -0.15) is 0 Å². The molecule has 4 rings (SSSR count). The molecule has 0 radical (unpaired) electrons. The highest BCUT2D eigenvalue weighted by Crippen LogP contribution is 2.23.